The van der Waals surface area contributed by atoms with E-state index in [9.17, 15) is 0 Å². The van der Waals surface area contributed by atoms with E-state index >= 15 is 0 Å². The first-order valence-corrected chi connectivity index (χ1v) is 9.97. The van der Waals surface area contributed by atoms with E-state index in [1.54, 1.807) is 0 Å². The Bertz CT molecular complexity index is 966. The molecule has 0 bridgehead atoms. The monoisotopic (exact) mass is 430 g/mol. The van der Waals surface area contributed by atoms with Crippen molar-refractivity contribution in [3.05, 3.63) is 65.9 Å². The maximum Gasteiger partial charge on any atom is 0.159 e. The van der Waals surface area contributed by atoms with Crippen LogP contribution in [0.5, 0.6) is 0 Å². The largest absolute Gasteiger partial charge is 0.354 e. The highest BCUT2D eigenvalue weighted by molar-refractivity contribution is 5.93. The van der Waals surface area contributed by atoms with Crippen LogP contribution < -0.4 is 10.2 Å². The minimum Gasteiger partial charge on any atom is -0.354 e. The Morgan fingerprint density at radius 2 is 1.72 bits per heavy atom. The number of fused-ring (bicyclic) bond motifs is 2. The van der Waals surface area contributed by atoms with Crippen LogP contribution in [0.4, 0.5) is 5.82 Å². The molecule has 5 rings (SSSR count). The van der Waals surface area contributed by atoms with E-state index in [0.717, 1.165) is 44.1 Å². The van der Waals surface area contributed by atoms with Crippen LogP contribution in [0.2, 0.25) is 0 Å². The second-order valence-electron chi connectivity index (χ2n) is 8.21. The van der Waals surface area contributed by atoms with Gasteiger partial charge in [-0.25, -0.2) is 0 Å². The molecule has 1 N–H and O–H groups in total. The molecular weight excluding hydrogens is 403 g/mol. The average molecular weight is 431 g/mol. The molecule has 0 spiro atoms. The summed E-state index contributed by atoms with van der Waals surface area (Å²) in [6.07, 6.45) is 2.37. The normalized spacial score (nSPS) is 22.8. The average Bonchev–Trinajstić information content (AvgIpc) is 3.25. The molecule has 2 fully saturated rings. The van der Waals surface area contributed by atoms with Crippen molar-refractivity contribution in [3.63, 3.8) is 0 Å². The Kier molecular flexibility index (Phi) is 6.67. The van der Waals surface area contributed by atoms with Gasteiger partial charge >= 0.3 is 0 Å². The zero-order valence-electron chi connectivity index (χ0n) is 16.7. The number of hydrogen-bond donors (Lipinski definition) is 1. The fraction of sp³-hybridized carbons (Fsp3) is 0.391. The zero-order chi connectivity index (χ0) is 18.3. The second-order valence-corrected chi connectivity index (χ2v) is 8.21. The summed E-state index contributed by atoms with van der Waals surface area (Å²) in [5.74, 6) is 1.74. The number of anilines is 1. The van der Waals surface area contributed by atoms with Gasteiger partial charge in [0, 0.05) is 42.4 Å². The van der Waals surface area contributed by atoms with Crippen molar-refractivity contribution in [1.82, 2.24) is 15.5 Å². The molecule has 4 nitrogen and oxygen atoms in total. The molecule has 3 aromatic rings. The second kappa shape index (κ2) is 8.86. The van der Waals surface area contributed by atoms with Crippen molar-refractivity contribution in [1.29, 1.82) is 0 Å². The third-order valence-electron chi connectivity index (χ3n) is 6.59. The Labute approximate surface area is 184 Å². The molecule has 154 valence electrons. The lowest BCUT2D eigenvalue weighted by Gasteiger charge is -2.28. The van der Waals surface area contributed by atoms with Gasteiger partial charge in [-0.2, -0.15) is 5.10 Å². The van der Waals surface area contributed by atoms with Crippen LogP contribution in [0.3, 0.4) is 0 Å². The lowest BCUT2D eigenvalue weighted by molar-refractivity contribution is 0.275. The van der Waals surface area contributed by atoms with Gasteiger partial charge in [0.1, 0.15) is 0 Å². The lowest BCUT2D eigenvalue weighted by Crippen LogP contribution is -2.33. The Morgan fingerprint density at radius 3 is 2.52 bits per heavy atom. The number of rotatable bonds is 4. The number of halogens is 2. The fourth-order valence-electron chi connectivity index (χ4n) is 5.04. The van der Waals surface area contributed by atoms with Crippen molar-refractivity contribution < 1.29 is 0 Å². The van der Waals surface area contributed by atoms with E-state index < -0.39 is 0 Å². The van der Waals surface area contributed by atoms with Crippen molar-refractivity contribution in [2.24, 2.45) is 11.3 Å². The van der Waals surface area contributed by atoms with Crippen molar-refractivity contribution in [3.8, 4) is 0 Å². The molecule has 0 radical (unpaired) electrons. The van der Waals surface area contributed by atoms with Crippen LogP contribution in [0.15, 0.2) is 54.6 Å². The van der Waals surface area contributed by atoms with Crippen LogP contribution in [-0.2, 0) is 6.42 Å². The number of aryl methyl sites for hydroxylation is 2. The molecule has 3 heterocycles. The van der Waals surface area contributed by atoms with Crippen molar-refractivity contribution >= 4 is 41.4 Å². The highest BCUT2D eigenvalue weighted by Crippen LogP contribution is 2.44. The number of nitrogens with zero attached hydrogens (tertiary/aromatic N) is 3. The van der Waals surface area contributed by atoms with Crippen LogP contribution in [0.1, 0.15) is 17.7 Å². The molecular formula is C23H28Cl2N4. The standard InChI is InChI=1S/C23H26N4.2ClH/c1-17-20-9-5-6-10-21(20)22(26-25-17)27-14-19-13-24-15-23(19,16-27)12-11-18-7-3-2-4-8-18;;/h2-10,19,24H,11-16H2,1H3;2*1H. The van der Waals surface area contributed by atoms with Crippen LogP contribution >= 0.6 is 24.8 Å². The molecule has 2 aromatic carbocycles. The molecule has 1 aromatic heterocycles. The van der Waals surface area contributed by atoms with E-state index in [2.05, 4.69) is 75.0 Å². The van der Waals surface area contributed by atoms with Gasteiger partial charge in [0.05, 0.1) is 5.69 Å². The summed E-state index contributed by atoms with van der Waals surface area (Å²) in [6.45, 7) is 6.41. The molecule has 0 amide bonds. The third kappa shape index (κ3) is 3.94. The smallest absolute Gasteiger partial charge is 0.159 e. The zero-order valence-corrected chi connectivity index (χ0v) is 18.3. The van der Waals surface area contributed by atoms with Gasteiger partial charge in [-0.3, -0.25) is 0 Å². The molecule has 0 aliphatic carbocycles. The maximum absolute atomic E-state index is 4.62. The van der Waals surface area contributed by atoms with Gasteiger partial charge < -0.3 is 10.2 Å². The summed E-state index contributed by atoms with van der Waals surface area (Å²) in [5, 5.41) is 15.2. The molecule has 2 atom stereocenters. The first-order chi connectivity index (χ1) is 13.3. The van der Waals surface area contributed by atoms with Crippen LogP contribution in [0, 0.1) is 18.3 Å². The summed E-state index contributed by atoms with van der Waals surface area (Å²) >= 11 is 0. The summed E-state index contributed by atoms with van der Waals surface area (Å²) < 4.78 is 0. The molecule has 0 saturated carbocycles. The van der Waals surface area contributed by atoms with Gasteiger partial charge in [-0.1, -0.05) is 54.6 Å². The predicted octanol–water partition coefficient (Wildman–Crippen LogP) is 4.44. The Hall–Kier alpha value is -1.88. The first-order valence-electron chi connectivity index (χ1n) is 9.97. The van der Waals surface area contributed by atoms with Crippen LogP contribution in [0.25, 0.3) is 10.8 Å². The Morgan fingerprint density at radius 1 is 1.00 bits per heavy atom. The summed E-state index contributed by atoms with van der Waals surface area (Å²) in [7, 11) is 0. The molecule has 2 aliphatic heterocycles. The quantitative estimate of drug-likeness (QED) is 0.663. The highest BCUT2D eigenvalue weighted by atomic mass is 35.5. The van der Waals surface area contributed by atoms with E-state index in [1.807, 2.05) is 6.92 Å². The van der Waals surface area contributed by atoms with Gasteiger partial charge in [0.2, 0.25) is 0 Å². The van der Waals surface area contributed by atoms with Gasteiger partial charge in [-0.05, 0) is 31.2 Å². The molecule has 2 aliphatic rings. The SMILES string of the molecule is Cc1nnc(N2CC3CNCC3(CCc3ccccc3)C2)c2ccccc12.Cl.Cl. The number of benzene rings is 2. The van der Waals surface area contributed by atoms with Gasteiger partial charge in [0.15, 0.2) is 5.82 Å². The minimum absolute atomic E-state index is 0. The maximum atomic E-state index is 4.62. The van der Waals surface area contributed by atoms with Crippen molar-refractivity contribution in [2.45, 2.75) is 19.8 Å². The predicted molar refractivity (Wildman–Crippen MR) is 125 cm³/mol. The van der Waals surface area contributed by atoms with E-state index in [0.29, 0.717) is 11.3 Å². The summed E-state index contributed by atoms with van der Waals surface area (Å²) in [5.41, 5.74) is 2.79. The van der Waals surface area contributed by atoms with Crippen molar-refractivity contribution in [2.75, 3.05) is 31.1 Å². The van der Waals surface area contributed by atoms with Crippen LogP contribution in [-0.4, -0.2) is 36.4 Å². The Balaban J connectivity index is 0.00000120. The molecule has 2 saturated heterocycles. The fourth-order valence-corrected chi connectivity index (χ4v) is 5.04. The molecule has 29 heavy (non-hydrogen) atoms. The van der Waals surface area contributed by atoms with E-state index in [-0.39, 0.29) is 24.8 Å². The van der Waals surface area contributed by atoms with E-state index in [1.165, 1.54) is 22.8 Å². The molecule has 6 heteroatoms. The van der Waals surface area contributed by atoms with E-state index in [4.69, 9.17) is 0 Å². The summed E-state index contributed by atoms with van der Waals surface area (Å²) in [4.78, 5) is 2.49. The topological polar surface area (TPSA) is 41.1 Å². The third-order valence-corrected chi connectivity index (χ3v) is 6.59. The first kappa shape index (κ1) is 21.8. The lowest BCUT2D eigenvalue weighted by atomic mass is 9.76. The molecule has 2 unspecified atom stereocenters. The van der Waals surface area contributed by atoms with Gasteiger partial charge in [-0.15, -0.1) is 29.9 Å². The number of aromatic nitrogens is 2. The summed E-state index contributed by atoms with van der Waals surface area (Å²) in [6, 6.07) is 19.4. The highest BCUT2D eigenvalue weighted by Gasteiger charge is 2.49. The van der Waals surface area contributed by atoms with Gasteiger partial charge in [0.25, 0.3) is 0 Å². The number of nitrogens with one attached hydrogen (secondary N) is 1. The number of hydrogen-bond acceptors (Lipinski definition) is 4. The minimum atomic E-state index is 0.